The molecule has 0 atom stereocenters. The van der Waals surface area contributed by atoms with Crippen LogP contribution in [-0.4, -0.2) is 43.2 Å². The molecular formula is C16H21N3O4. The molecule has 2 aromatic rings. The summed E-state index contributed by atoms with van der Waals surface area (Å²) in [4.78, 5) is 11.9. The Kier molecular flexibility index (Phi) is 5.72. The molecule has 0 radical (unpaired) electrons. The summed E-state index contributed by atoms with van der Waals surface area (Å²) in [5.74, 6) is -0.195. The van der Waals surface area contributed by atoms with E-state index in [1.165, 1.54) is 11.8 Å². The third-order valence-electron chi connectivity index (χ3n) is 3.36. The second-order valence-electron chi connectivity index (χ2n) is 5.00. The fourth-order valence-electron chi connectivity index (χ4n) is 2.07. The van der Waals surface area contributed by atoms with Crippen LogP contribution in [0.1, 0.15) is 21.6 Å². The maximum atomic E-state index is 11.9. The highest BCUT2D eigenvalue weighted by molar-refractivity contribution is 5.90. The van der Waals surface area contributed by atoms with Crippen molar-refractivity contribution in [3.8, 4) is 5.69 Å². The van der Waals surface area contributed by atoms with Crippen molar-refractivity contribution in [1.82, 2.24) is 9.78 Å². The minimum absolute atomic E-state index is 0.156. The summed E-state index contributed by atoms with van der Waals surface area (Å²) >= 11 is 0. The number of carbonyl (C=O) groups is 1. The summed E-state index contributed by atoms with van der Waals surface area (Å²) in [6.07, 6.45) is 0. The molecule has 0 aliphatic rings. The molecule has 7 heteroatoms. The van der Waals surface area contributed by atoms with Crippen molar-refractivity contribution >= 4 is 11.8 Å². The average Bonchev–Trinajstić information content (AvgIpc) is 2.88. The van der Waals surface area contributed by atoms with Crippen LogP contribution >= 0.6 is 0 Å². The number of hydrogen-bond acceptors (Lipinski definition) is 6. The van der Waals surface area contributed by atoms with Gasteiger partial charge in [-0.3, -0.25) is 0 Å². The zero-order valence-electron chi connectivity index (χ0n) is 13.5. The second-order valence-corrected chi connectivity index (χ2v) is 5.00. The predicted molar refractivity (Wildman–Crippen MR) is 85.6 cm³/mol. The average molecular weight is 319 g/mol. The molecular weight excluding hydrogens is 298 g/mol. The number of methoxy groups -OCH3 is 2. The van der Waals surface area contributed by atoms with E-state index in [0.717, 1.165) is 11.3 Å². The van der Waals surface area contributed by atoms with Crippen LogP contribution in [0.2, 0.25) is 0 Å². The number of benzene rings is 1. The molecule has 0 fully saturated rings. The lowest BCUT2D eigenvalue weighted by Crippen LogP contribution is -2.09. The van der Waals surface area contributed by atoms with Crippen LogP contribution in [0.15, 0.2) is 24.3 Å². The van der Waals surface area contributed by atoms with Crippen molar-refractivity contribution in [2.45, 2.75) is 13.5 Å². The molecule has 0 saturated carbocycles. The number of nitrogens with two attached hydrogens (primary N) is 1. The van der Waals surface area contributed by atoms with E-state index in [2.05, 4.69) is 5.10 Å². The van der Waals surface area contributed by atoms with Gasteiger partial charge in [0.25, 0.3) is 0 Å². The van der Waals surface area contributed by atoms with E-state index in [-0.39, 0.29) is 12.3 Å². The van der Waals surface area contributed by atoms with Gasteiger partial charge in [-0.1, -0.05) is 17.7 Å². The van der Waals surface area contributed by atoms with Crippen LogP contribution < -0.4 is 5.73 Å². The summed E-state index contributed by atoms with van der Waals surface area (Å²) in [5.41, 5.74) is 8.71. The third-order valence-corrected chi connectivity index (χ3v) is 3.36. The molecule has 0 aliphatic carbocycles. The molecule has 7 nitrogen and oxygen atoms in total. The Labute approximate surface area is 134 Å². The number of rotatable bonds is 7. The molecule has 0 saturated heterocycles. The van der Waals surface area contributed by atoms with Crippen molar-refractivity contribution in [1.29, 1.82) is 0 Å². The van der Waals surface area contributed by atoms with Crippen LogP contribution in [0.5, 0.6) is 0 Å². The third kappa shape index (κ3) is 3.88. The fraction of sp³-hybridized carbons (Fsp3) is 0.375. The summed E-state index contributed by atoms with van der Waals surface area (Å²) in [6.45, 7) is 3.00. The highest BCUT2D eigenvalue weighted by atomic mass is 16.5. The number of anilines is 1. The van der Waals surface area contributed by atoms with E-state index in [1.54, 1.807) is 7.11 Å². The number of carbonyl (C=O) groups excluding carboxylic acids is 1. The fourth-order valence-corrected chi connectivity index (χ4v) is 2.07. The highest BCUT2D eigenvalue weighted by Crippen LogP contribution is 2.23. The summed E-state index contributed by atoms with van der Waals surface area (Å²) in [6, 6.07) is 7.66. The van der Waals surface area contributed by atoms with Gasteiger partial charge in [0.1, 0.15) is 5.82 Å². The number of aromatic nitrogens is 2. The molecule has 2 rings (SSSR count). The number of ether oxygens (including phenoxy) is 3. The lowest BCUT2D eigenvalue weighted by atomic mass is 10.2. The lowest BCUT2D eigenvalue weighted by molar-refractivity contribution is 0.0549. The Hall–Kier alpha value is -2.38. The van der Waals surface area contributed by atoms with Gasteiger partial charge in [-0.15, -0.1) is 0 Å². The van der Waals surface area contributed by atoms with Crippen molar-refractivity contribution < 1.29 is 19.0 Å². The molecule has 2 N–H and O–H groups in total. The molecule has 1 aromatic heterocycles. The number of nitrogen functional groups attached to an aromatic ring is 1. The number of hydrogen-bond donors (Lipinski definition) is 1. The monoisotopic (exact) mass is 319 g/mol. The van der Waals surface area contributed by atoms with Gasteiger partial charge in [0.05, 0.1) is 38.2 Å². The van der Waals surface area contributed by atoms with Gasteiger partial charge in [0.15, 0.2) is 5.69 Å². The molecule has 23 heavy (non-hydrogen) atoms. The van der Waals surface area contributed by atoms with Crippen LogP contribution in [0.3, 0.4) is 0 Å². The first-order chi connectivity index (χ1) is 11.1. The van der Waals surface area contributed by atoms with E-state index < -0.39 is 5.97 Å². The van der Waals surface area contributed by atoms with E-state index in [4.69, 9.17) is 19.9 Å². The number of nitrogens with zero attached hydrogens (tertiary/aromatic N) is 2. The molecule has 0 unspecified atom stereocenters. The SMILES string of the molecule is COCCOCc1c(C(=O)OC)nn(-c2ccc(C)cc2)c1N. The predicted octanol–water partition coefficient (Wildman–Crippen LogP) is 1.71. The Balaban J connectivity index is 2.35. The Bertz CT molecular complexity index is 665. The van der Waals surface area contributed by atoms with Crippen molar-refractivity contribution in [2.24, 2.45) is 0 Å². The van der Waals surface area contributed by atoms with Crippen LogP contribution in [0, 0.1) is 6.92 Å². The molecule has 0 amide bonds. The molecule has 0 bridgehead atoms. The van der Waals surface area contributed by atoms with E-state index in [0.29, 0.717) is 24.6 Å². The minimum Gasteiger partial charge on any atom is -0.464 e. The largest absolute Gasteiger partial charge is 0.464 e. The van der Waals surface area contributed by atoms with Crippen molar-refractivity contribution in [3.05, 3.63) is 41.1 Å². The molecule has 0 aliphatic heterocycles. The standard InChI is InChI=1S/C16H21N3O4/c1-11-4-6-12(7-5-11)19-15(17)13(10-23-9-8-21-2)14(18-19)16(20)22-3/h4-7H,8-10,17H2,1-3H3. The van der Waals surface area contributed by atoms with Crippen LogP contribution in [-0.2, 0) is 20.8 Å². The maximum Gasteiger partial charge on any atom is 0.359 e. The van der Waals surface area contributed by atoms with Crippen molar-refractivity contribution in [2.75, 3.05) is 33.2 Å². The molecule has 124 valence electrons. The maximum absolute atomic E-state index is 11.9. The summed E-state index contributed by atoms with van der Waals surface area (Å²) in [7, 11) is 2.89. The van der Waals surface area contributed by atoms with Gasteiger partial charge < -0.3 is 19.9 Å². The zero-order chi connectivity index (χ0) is 16.8. The molecule has 0 spiro atoms. The van der Waals surface area contributed by atoms with Gasteiger partial charge >= 0.3 is 5.97 Å². The summed E-state index contributed by atoms with van der Waals surface area (Å²) < 4.78 is 16.7. The number of esters is 1. The van der Waals surface area contributed by atoms with Gasteiger partial charge in [0.2, 0.25) is 0 Å². The van der Waals surface area contributed by atoms with E-state index in [1.807, 2.05) is 31.2 Å². The van der Waals surface area contributed by atoms with Gasteiger partial charge in [-0.2, -0.15) is 5.10 Å². The Morgan fingerprint density at radius 1 is 1.22 bits per heavy atom. The molecule has 1 aromatic carbocycles. The normalized spacial score (nSPS) is 10.7. The van der Waals surface area contributed by atoms with E-state index in [9.17, 15) is 4.79 Å². The molecule has 1 heterocycles. The number of aryl methyl sites for hydroxylation is 1. The second kappa shape index (κ2) is 7.75. The first kappa shape index (κ1) is 17.0. The van der Waals surface area contributed by atoms with E-state index >= 15 is 0 Å². The van der Waals surface area contributed by atoms with Crippen molar-refractivity contribution in [3.63, 3.8) is 0 Å². The lowest BCUT2D eigenvalue weighted by Gasteiger charge is -2.06. The quantitative estimate of drug-likeness (QED) is 0.617. The summed E-state index contributed by atoms with van der Waals surface area (Å²) in [5, 5.41) is 4.29. The smallest absolute Gasteiger partial charge is 0.359 e. The van der Waals surface area contributed by atoms with Crippen LogP contribution in [0.25, 0.3) is 5.69 Å². The van der Waals surface area contributed by atoms with Gasteiger partial charge in [0, 0.05) is 7.11 Å². The van der Waals surface area contributed by atoms with Gasteiger partial charge in [-0.05, 0) is 19.1 Å². The van der Waals surface area contributed by atoms with Crippen LogP contribution in [0.4, 0.5) is 5.82 Å². The van der Waals surface area contributed by atoms with Gasteiger partial charge in [-0.25, -0.2) is 9.48 Å². The highest BCUT2D eigenvalue weighted by Gasteiger charge is 2.22. The first-order valence-electron chi connectivity index (χ1n) is 7.18. The topological polar surface area (TPSA) is 88.6 Å². The zero-order valence-corrected chi connectivity index (χ0v) is 13.5. The first-order valence-corrected chi connectivity index (χ1v) is 7.18. The minimum atomic E-state index is -0.548. The Morgan fingerprint density at radius 3 is 2.52 bits per heavy atom. The Morgan fingerprint density at radius 2 is 1.91 bits per heavy atom.